The van der Waals surface area contributed by atoms with Crippen LogP contribution in [0.15, 0.2) is 77.7 Å². The van der Waals surface area contributed by atoms with Crippen molar-refractivity contribution in [2.24, 2.45) is 0 Å². The molecule has 35 heavy (non-hydrogen) atoms. The molecule has 5 rings (SSSR count). The summed E-state index contributed by atoms with van der Waals surface area (Å²) in [6.07, 6.45) is 2.54. The first-order valence-electron chi connectivity index (χ1n) is 11.2. The highest BCUT2D eigenvalue weighted by molar-refractivity contribution is 5.94. The molecule has 0 unspecified atom stereocenters. The fourth-order valence-electron chi connectivity index (χ4n) is 4.13. The van der Waals surface area contributed by atoms with E-state index in [0.717, 1.165) is 22.2 Å². The summed E-state index contributed by atoms with van der Waals surface area (Å²) in [5.74, 6) is -1.20. The number of nitrogens with zero attached hydrogens (tertiary/aromatic N) is 3. The number of carbonyl (C=O) groups excluding carboxylic acids is 1. The molecule has 0 atom stereocenters. The normalized spacial score (nSPS) is 11.3. The number of hydrogen-bond donors (Lipinski definition) is 1. The summed E-state index contributed by atoms with van der Waals surface area (Å²) in [4.78, 5) is 25.8. The lowest BCUT2D eigenvalue weighted by Crippen LogP contribution is -2.26. The number of aryl methyl sites for hydroxylation is 1. The minimum absolute atomic E-state index is 0.269. The van der Waals surface area contributed by atoms with Gasteiger partial charge in [0.2, 0.25) is 5.91 Å². The number of pyridine rings is 1. The smallest absolute Gasteiger partial charge is 0.278 e. The maximum Gasteiger partial charge on any atom is 0.278 e. The number of rotatable bonds is 6. The molecule has 0 bridgehead atoms. The number of carbonyl (C=O) groups is 1. The average molecular weight is 472 g/mol. The first-order valence-corrected chi connectivity index (χ1v) is 11.2. The van der Waals surface area contributed by atoms with Crippen LogP contribution in [0.5, 0.6) is 0 Å². The minimum atomic E-state index is -0.464. The van der Waals surface area contributed by atoms with Gasteiger partial charge in [-0.15, -0.1) is 0 Å². The molecule has 176 valence electrons. The highest BCUT2D eigenvalue weighted by Gasteiger charge is 2.22. The van der Waals surface area contributed by atoms with Gasteiger partial charge in [-0.05, 0) is 60.0 Å². The number of hydrogen-bond acceptors (Lipinski definition) is 3. The molecule has 0 radical (unpaired) electrons. The summed E-state index contributed by atoms with van der Waals surface area (Å²) in [7, 11) is 0. The highest BCUT2D eigenvalue weighted by atomic mass is 19.1. The molecule has 8 heteroatoms. The summed E-state index contributed by atoms with van der Waals surface area (Å²) in [6, 6.07) is 17.8. The van der Waals surface area contributed by atoms with E-state index in [9.17, 15) is 18.4 Å². The zero-order valence-electron chi connectivity index (χ0n) is 19.0. The second-order valence-corrected chi connectivity index (χ2v) is 8.37. The Balaban J connectivity index is 1.51. The van der Waals surface area contributed by atoms with E-state index in [2.05, 4.69) is 10.4 Å². The Bertz CT molecular complexity index is 1550. The van der Waals surface area contributed by atoms with Gasteiger partial charge in [-0.3, -0.25) is 9.59 Å². The van der Waals surface area contributed by atoms with Crippen LogP contribution in [0, 0.1) is 11.6 Å². The summed E-state index contributed by atoms with van der Waals surface area (Å²) in [6.45, 7) is 2.11. The van der Waals surface area contributed by atoms with Gasteiger partial charge in [0.15, 0.2) is 0 Å². The second kappa shape index (κ2) is 9.13. The van der Waals surface area contributed by atoms with Crippen molar-refractivity contribution < 1.29 is 13.6 Å². The molecule has 1 N–H and O–H groups in total. The van der Waals surface area contributed by atoms with Gasteiger partial charge in [-0.25, -0.2) is 13.5 Å². The molecule has 0 saturated carbocycles. The average Bonchev–Trinajstić information content (AvgIpc) is 3.16. The molecule has 0 saturated heterocycles. The van der Waals surface area contributed by atoms with E-state index in [0.29, 0.717) is 28.8 Å². The van der Waals surface area contributed by atoms with Crippen molar-refractivity contribution in [1.29, 1.82) is 0 Å². The molecule has 1 amide bonds. The molecule has 2 heterocycles. The van der Waals surface area contributed by atoms with Crippen molar-refractivity contribution in [3.8, 4) is 11.3 Å². The van der Waals surface area contributed by atoms with E-state index < -0.39 is 17.3 Å². The van der Waals surface area contributed by atoms with Gasteiger partial charge >= 0.3 is 0 Å². The Kier molecular flexibility index (Phi) is 5.86. The number of anilines is 1. The Morgan fingerprint density at radius 1 is 0.943 bits per heavy atom. The molecule has 0 fully saturated rings. The number of aromatic nitrogens is 3. The van der Waals surface area contributed by atoms with E-state index >= 15 is 0 Å². The van der Waals surface area contributed by atoms with Crippen molar-refractivity contribution in [1.82, 2.24) is 14.3 Å². The number of nitrogens with one attached hydrogen (secondary N) is 1. The lowest BCUT2D eigenvalue weighted by Gasteiger charge is -2.14. The van der Waals surface area contributed by atoms with Crippen molar-refractivity contribution in [2.45, 2.75) is 26.4 Å². The van der Waals surface area contributed by atoms with Crippen LogP contribution in [0.1, 0.15) is 18.1 Å². The van der Waals surface area contributed by atoms with Crippen LogP contribution < -0.4 is 10.9 Å². The molecule has 6 nitrogen and oxygen atoms in total. The van der Waals surface area contributed by atoms with E-state index in [1.807, 2.05) is 31.2 Å². The van der Waals surface area contributed by atoms with Crippen LogP contribution in [0.4, 0.5) is 14.5 Å². The van der Waals surface area contributed by atoms with Crippen LogP contribution in [0.25, 0.3) is 22.2 Å². The standard InChI is InChI=1S/C27H22F2N4O2/c1-2-17-5-10-21(11-6-17)30-25(34)16-33-27(35)23-15-32(14-18-3-7-19(28)8-4-18)24-12-9-20(29)13-22(24)26(23)31-33/h3-13,15H,2,14,16H2,1H3,(H,30,34). The lowest BCUT2D eigenvalue weighted by molar-refractivity contribution is -0.116. The van der Waals surface area contributed by atoms with Crippen LogP contribution in [-0.4, -0.2) is 20.3 Å². The molecule has 2 aliphatic rings. The molecule has 3 aromatic carbocycles. The largest absolute Gasteiger partial charge is 0.342 e. The molecule has 0 spiro atoms. The van der Waals surface area contributed by atoms with Crippen LogP contribution in [0.3, 0.4) is 0 Å². The first-order chi connectivity index (χ1) is 16.9. The summed E-state index contributed by atoms with van der Waals surface area (Å²) < 4.78 is 30.4. The lowest BCUT2D eigenvalue weighted by atomic mass is 10.1. The summed E-state index contributed by atoms with van der Waals surface area (Å²) in [5, 5.41) is 7.59. The number of halogens is 2. The monoisotopic (exact) mass is 472 g/mol. The zero-order chi connectivity index (χ0) is 24.5. The van der Waals surface area contributed by atoms with Gasteiger partial charge in [-0.2, -0.15) is 5.10 Å². The maximum absolute atomic E-state index is 14.2. The molecule has 0 aromatic heterocycles. The Morgan fingerprint density at radius 2 is 1.63 bits per heavy atom. The number of fused-ring (bicyclic) bond motifs is 3. The molecule has 2 aliphatic heterocycles. The summed E-state index contributed by atoms with van der Waals surface area (Å²) >= 11 is 0. The summed E-state index contributed by atoms with van der Waals surface area (Å²) in [5.41, 5.74) is 3.39. The van der Waals surface area contributed by atoms with Gasteiger partial charge in [0.1, 0.15) is 23.9 Å². The third-order valence-electron chi connectivity index (χ3n) is 5.95. The van der Waals surface area contributed by atoms with E-state index in [1.54, 1.807) is 29.0 Å². The Hall–Kier alpha value is -4.33. The van der Waals surface area contributed by atoms with Gasteiger partial charge in [0, 0.05) is 23.8 Å². The van der Waals surface area contributed by atoms with Gasteiger partial charge in [-0.1, -0.05) is 31.2 Å². The Labute approximate surface area is 199 Å². The molecule has 3 aromatic rings. The third-order valence-corrected chi connectivity index (χ3v) is 5.95. The second-order valence-electron chi connectivity index (χ2n) is 8.37. The van der Waals surface area contributed by atoms with Crippen molar-refractivity contribution in [3.63, 3.8) is 0 Å². The van der Waals surface area contributed by atoms with E-state index in [-0.39, 0.29) is 17.9 Å². The topological polar surface area (TPSA) is 68.9 Å². The SMILES string of the molecule is CCc1ccc(NC(=O)Cn2nc3c4cc(F)ccc4n(Cc4ccc(F)cc4)cc-3c2=O)cc1. The predicted molar refractivity (Wildman–Crippen MR) is 131 cm³/mol. The number of benzene rings is 3. The predicted octanol–water partition coefficient (Wildman–Crippen LogP) is 4.83. The Morgan fingerprint density at radius 3 is 2.34 bits per heavy atom. The fraction of sp³-hybridized carbons (Fsp3) is 0.148. The minimum Gasteiger partial charge on any atom is -0.342 e. The van der Waals surface area contributed by atoms with Crippen LogP contribution in [0.2, 0.25) is 0 Å². The molecule has 0 aliphatic carbocycles. The van der Waals surface area contributed by atoms with Crippen molar-refractivity contribution >= 4 is 22.5 Å². The van der Waals surface area contributed by atoms with Crippen LogP contribution in [-0.2, 0) is 24.3 Å². The van der Waals surface area contributed by atoms with Gasteiger partial charge in [0.25, 0.3) is 5.56 Å². The van der Waals surface area contributed by atoms with E-state index in [4.69, 9.17) is 0 Å². The fourth-order valence-corrected chi connectivity index (χ4v) is 4.13. The molecular formula is C27H22F2N4O2. The quantitative estimate of drug-likeness (QED) is 0.385. The van der Waals surface area contributed by atoms with Crippen molar-refractivity contribution in [2.75, 3.05) is 5.32 Å². The third kappa shape index (κ3) is 4.55. The first kappa shape index (κ1) is 22.5. The van der Waals surface area contributed by atoms with Crippen molar-refractivity contribution in [3.05, 3.63) is 106 Å². The van der Waals surface area contributed by atoms with Gasteiger partial charge < -0.3 is 9.88 Å². The zero-order valence-corrected chi connectivity index (χ0v) is 19.0. The van der Waals surface area contributed by atoms with E-state index in [1.165, 1.54) is 24.3 Å². The maximum atomic E-state index is 14.2. The van der Waals surface area contributed by atoms with Gasteiger partial charge in [0.05, 0.1) is 11.1 Å². The highest BCUT2D eigenvalue weighted by Crippen LogP contribution is 2.28. The molecular weight excluding hydrogens is 450 g/mol. The van der Waals surface area contributed by atoms with Crippen LogP contribution >= 0.6 is 0 Å². The number of amides is 1.